The quantitative estimate of drug-likeness (QED) is 0.0793. The number of esters is 4. The standard InChI is InChI=1S/C33H50O8/c1-4-6-9-14-26(15-10-7-5-2)30(34)38-21-22-39-31(35)27-17-19-28(20-18-27)32(36)40-23-24-41-33(37)29-16-12-8-11-13-25(29)3/h17-20,25-26,29H,4-16,21-24H2,1-3H3. The van der Waals surface area contributed by atoms with Crippen LogP contribution in [0.4, 0.5) is 0 Å². The van der Waals surface area contributed by atoms with E-state index in [4.69, 9.17) is 18.9 Å². The molecule has 0 heterocycles. The fourth-order valence-corrected chi connectivity index (χ4v) is 5.19. The summed E-state index contributed by atoms with van der Waals surface area (Å²) in [5, 5.41) is 0. The van der Waals surface area contributed by atoms with Crippen LogP contribution in [0.5, 0.6) is 0 Å². The van der Waals surface area contributed by atoms with Crippen LogP contribution in [0.15, 0.2) is 24.3 Å². The number of rotatable bonds is 18. The number of carbonyl (C=O) groups excluding carboxylic acids is 4. The van der Waals surface area contributed by atoms with Crippen molar-refractivity contribution in [2.45, 2.75) is 104 Å². The Balaban J connectivity index is 1.68. The van der Waals surface area contributed by atoms with Gasteiger partial charge in [0.1, 0.15) is 26.4 Å². The lowest BCUT2D eigenvalue weighted by atomic mass is 9.90. The summed E-state index contributed by atoms with van der Waals surface area (Å²) in [5.74, 6) is -1.45. The van der Waals surface area contributed by atoms with Crippen molar-refractivity contribution in [1.82, 2.24) is 0 Å². The molecule has 0 saturated heterocycles. The highest BCUT2D eigenvalue weighted by atomic mass is 16.6. The average Bonchev–Trinajstić information content (AvgIpc) is 3.20. The van der Waals surface area contributed by atoms with Crippen molar-refractivity contribution in [3.8, 4) is 0 Å². The van der Waals surface area contributed by atoms with Crippen LogP contribution in [-0.2, 0) is 28.5 Å². The smallest absolute Gasteiger partial charge is 0.338 e. The van der Waals surface area contributed by atoms with Gasteiger partial charge in [-0.2, -0.15) is 0 Å². The van der Waals surface area contributed by atoms with E-state index in [1.807, 2.05) is 0 Å². The minimum Gasteiger partial charge on any atom is -0.462 e. The second-order valence-electron chi connectivity index (χ2n) is 11.1. The fraction of sp³-hybridized carbons (Fsp3) is 0.697. The van der Waals surface area contributed by atoms with Crippen LogP contribution in [-0.4, -0.2) is 50.3 Å². The van der Waals surface area contributed by atoms with Gasteiger partial charge >= 0.3 is 23.9 Å². The molecule has 1 aliphatic carbocycles. The molecular weight excluding hydrogens is 524 g/mol. The molecule has 0 spiro atoms. The Morgan fingerprint density at radius 1 is 0.683 bits per heavy atom. The molecule has 1 fully saturated rings. The molecule has 0 N–H and O–H groups in total. The molecule has 41 heavy (non-hydrogen) atoms. The summed E-state index contributed by atoms with van der Waals surface area (Å²) in [4.78, 5) is 49.7. The molecule has 0 aliphatic heterocycles. The molecule has 1 aromatic rings. The first kappa shape index (κ1) is 34.3. The molecule has 230 valence electrons. The zero-order valence-electron chi connectivity index (χ0n) is 25.3. The van der Waals surface area contributed by atoms with Crippen LogP contribution in [0, 0.1) is 17.8 Å². The third-order valence-corrected chi connectivity index (χ3v) is 7.79. The first-order valence-electron chi connectivity index (χ1n) is 15.6. The van der Waals surface area contributed by atoms with E-state index < -0.39 is 11.9 Å². The second kappa shape index (κ2) is 20.1. The number of carbonyl (C=O) groups is 4. The highest BCUT2D eigenvalue weighted by molar-refractivity contribution is 5.93. The monoisotopic (exact) mass is 574 g/mol. The molecule has 0 amide bonds. The Labute approximate surface area is 245 Å². The SMILES string of the molecule is CCCCCC(CCCCC)C(=O)OCCOC(=O)c1ccc(C(=O)OCCOC(=O)C2CCCCCC2C)cc1. The van der Waals surface area contributed by atoms with E-state index in [2.05, 4.69) is 20.8 Å². The Hall–Kier alpha value is -2.90. The van der Waals surface area contributed by atoms with E-state index in [0.29, 0.717) is 5.92 Å². The van der Waals surface area contributed by atoms with Crippen molar-refractivity contribution < 1.29 is 38.1 Å². The van der Waals surface area contributed by atoms with Gasteiger partial charge in [-0.1, -0.05) is 78.6 Å². The van der Waals surface area contributed by atoms with Gasteiger partial charge in [-0.05, 0) is 55.9 Å². The van der Waals surface area contributed by atoms with Crippen molar-refractivity contribution >= 4 is 23.9 Å². The molecule has 2 unspecified atom stereocenters. The third kappa shape index (κ3) is 13.1. The maximum Gasteiger partial charge on any atom is 0.338 e. The number of unbranched alkanes of at least 4 members (excludes halogenated alkanes) is 4. The molecule has 0 aromatic heterocycles. The number of benzene rings is 1. The summed E-state index contributed by atoms with van der Waals surface area (Å²) in [7, 11) is 0. The van der Waals surface area contributed by atoms with Gasteiger partial charge in [0.05, 0.1) is 23.0 Å². The maximum absolute atomic E-state index is 12.5. The summed E-state index contributed by atoms with van der Waals surface area (Å²) < 4.78 is 21.2. The van der Waals surface area contributed by atoms with Crippen LogP contribution >= 0.6 is 0 Å². The lowest BCUT2D eigenvalue weighted by molar-refractivity contribution is -0.152. The van der Waals surface area contributed by atoms with Gasteiger partial charge in [-0.3, -0.25) is 9.59 Å². The summed E-state index contributed by atoms with van der Waals surface area (Å²) in [5.41, 5.74) is 0.549. The predicted molar refractivity (Wildman–Crippen MR) is 156 cm³/mol. The van der Waals surface area contributed by atoms with Gasteiger partial charge in [0.25, 0.3) is 0 Å². The first-order chi connectivity index (χ1) is 19.9. The number of hydrogen-bond acceptors (Lipinski definition) is 8. The topological polar surface area (TPSA) is 105 Å². The van der Waals surface area contributed by atoms with Crippen molar-refractivity contribution in [3.05, 3.63) is 35.4 Å². The first-order valence-corrected chi connectivity index (χ1v) is 15.6. The molecule has 1 aromatic carbocycles. The van der Waals surface area contributed by atoms with Crippen LogP contribution < -0.4 is 0 Å². The third-order valence-electron chi connectivity index (χ3n) is 7.79. The Morgan fingerprint density at radius 3 is 1.71 bits per heavy atom. The minimum atomic E-state index is -0.567. The fourth-order valence-electron chi connectivity index (χ4n) is 5.19. The highest BCUT2D eigenvalue weighted by Gasteiger charge is 2.27. The van der Waals surface area contributed by atoms with Gasteiger partial charge in [0.2, 0.25) is 0 Å². The Kier molecular flexibility index (Phi) is 16.8. The van der Waals surface area contributed by atoms with E-state index in [1.165, 1.54) is 24.3 Å². The van der Waals surface area contributed by atoms with Gasteiger partial charge < -0.3 is 18.9 Å². The summed E-state index contributed by atoms with van der Waals surface area (Å²) in [6, 6.07) is 5.93. The normalized spacial score (nSPS) is 17.0. The van der Waals surface area contributed by atoms with Crippen molar-refractivity contribution in [1.29, 1.82) is 0 Å². The average molecular weight is 575 g/mol. The van der Waals surface area contributed by atoms with E-state index in [0.717, 1.165) is 83.5 Å². The van der Waals surface area contributed by atoms with E-state index in [9.17, 15) is 19.2 Å². The van der Waals surface area contributed by atoms with Crippen molar-refractivity contribution in [3.63, 3.8) is 0 Å². The molecule has 8 heteroatoms. The molecule has 0 bridgehead atoms. The summed E-state index contributed by atoms with van der Waals surface area (Å²) in [6.07, 6.45) is 13.3. The second-order valence-corrected chi connectivity index (χ2v) is 11.1. The zero-order chi connectivity index (χ0) is 29.9. The minimum absolute atomic E-state index is 0.0112. The molecule has 2 atom stereocenters. The zero-order valence-corrected chi connectivity index (χ0v) is 25.3. The predicted octanol–water partition coefficient (Wildman–Crippen LogP) is 7.08. The molecule has 2 rings (SSSR count). The van der Waals surface area contributed by atoms with Crippen LogP contribution in [0.2, 0.25) is 0 Å². The number of ether oxygens (including phenoxy) is 4. The molecule has 0 radical (unpaired) electrons. The van der Waals surface area contributed by atoms with Crippen LogP contribution in [0.3, 0.4) is 0 Å². The molecular formula is C33H50O8. The van der Waals surface area contributed by atoms with Gasteiger partial charge in [-0.25, -0.2) is 9.59 Å². The van der Waals surface area contributed by atoms with Gasteiger partial charge in [0, 0.05) is 0 Å². The maximum atomic E-state index is 12.5. The lowest BCUT2D eigenvalue weighted by Crippen LogP contribution is -2.25. The molecule has 1 aliphatic rings. The molecule has 1 saturated carbocycles. The number of hydrogen-bond donors (Lipinski definition) is 0. The molecule has 8 nitrogen and oxygen atoms in total. The van der Waals surface area contributed by atoms with E-state index in [-0.39, 0.29) is 61.3 Å². The van der Waals surface area contributed by atoms with Crippen molar-refractivity contribution in [2.24, 2.45) is 17.8 Å². The van der Waals surface area contributed by atoms with Crippen LogP contribution in [0.1, 0.15) is 125 Å². The van der Waals surface area contributed by atoms with Crippen molar-refractivity contribution in [2.75, 3.05) is 26.4 Å². The Bertz CT molecular complexity index is 916. The largest absolute Gasteiger partial charge is 0.462 e. The van der Waals surface area contributed by atoms with Gasteiger partial charge in [-0.15, -0.1) is 0 Å². The van der Waals surface area contributed by atoms with E-state index in [1.54, 1.807) is 0 Å². The Morgan fingerprint density at radius 2 is 1.17 bits per heavy atom. The summed E-state index contributed by atoms with van der Waals surface area (Å²) >= 11 is 0. The lowest BCUT2D eigenvalue weighted by Gasteiger charge is -2.19. The highest BCUT2D eigenvalue weighted by Crippen LogP contribution is 2.29. The van der Waals surface area contributed by atoms with Gasteiger partial charge in [0.15, 0.2) is 0 Å². The van der Waals surface area contributed by atoms with E-state index >= 15 is 0 Å². The van der Waals surface area contributed by atoms with Crippen LogP contribution in [0.25, 0.3) is 0 Å². The summed E-state index contributed by atoms with van der Waals surface area (Å²) in [6.45, 7) is 6.32.